The molecule has 1 unspecified atom stereocenters. The topological polar surface area (TPSA) is 53.6 Å². The third-order valence-electron chi connectivity index (χ3n) is 3.47. The van der Waals surface area contributed by atoms with Crippen molar-refractivity contribution in [2.75, 3.05) is 40.4 Å². The molecule has 0 aromatic heterocycles. The van der Waals surface area contributed by atoms with E-state index in [2.05, 4.69) is 15.5 Å². The van der Waals surface area contributed by atoms with E-state index in [1.165, 1.54) is 0 Å². The molecule has 1 aliphatic heterocycles. The Bertz CT molecular complexity index is 228. The van der Waals surface area contributed by atoms with Crippen LogP contribution in [0.4, 0.5) is 0 Å². The number of amides is 1. The SMILES string of the molecule is CNC1CCN(C(C)C(=O)NCCOC)CC1. The van der Waals surface area contributed by atoms with Crippen LogP contribution in [0.1, 0.15) is 19.8 Å². The maximum atomic E-state index is 11.8. The fourth-order valence-corrected chi connectivity index (χ4v) is 2.17. The summed E-state index contributed by atoms with van der Waals surface area (Å²) in [6.45, 7) is 5.11. The Balaban J connectivity index is 2.27. The number of rotatable bonds is 6. The minimum absolute atomic E-state index is 0.0373. The van der Waals surface area contributed by atoms with E-state index in [9.17, 15) is 4.79 Å². The summed E-state index contributed by atoms with van der Waals surface area (Å²) in [5, 5.41) is 6.18. The van der Waals surface area contributed by atoms with Gasteiger partial charge in [0.25, 0.3) is 0 Å². The van der Waals surface area contributed by atoms with Crippen LogP contribution in [0.2, 0.25) is 0 Å². The molecule has 100 valence electrons. The molecule has 0 radical (unpaired) electrons. The molecule has 1 rings (SSSR count). The van der Waals surface area contributed by atoms with Crippen LogP contribution in [0.15, 0.2) is 0 Å². The second kappa shape index (κ2) is 7.63. The number of hydrogen-bond donors (Lipinski definition) is 2. The second-order valence-corrected chi connectivity index (χ2v) is 4.56. The van der Waals surface area contributed by atoms with Crippen LogP contribution in [-0.2, 0) is 9.53 Å². The van der Waals surface area contributed by atoms with E-state index in [0.717, 1.165) is 25.9 Å². The molecule has 0 aliphatic carbocycles. The normalized spacial score (nSPS) is 20.2. The van der Waals surface area contributed by atoms with E-state index in [4.69, 9.17) is 4.74 Å². The van der Waals surface area contributed by atoms with Crippen molar-refractivity contribution in [3.8, 4) is 0 Å². The van der Waals surface area contributed by atoms with Gasteiger partial charge in [0, 0.05) is 32.8 Å². The lowest BCUT2D eigenvalue weighted by molar-refractivity contribution is -0.126. The highest BCUT2D eigenvalue weighted by Gasteiger charge is 2.25. The van der Waals surface area contributed by atoms with Gasteiger partial charge in [-0.15, -0.1) is 0 Å². The summed E-state index contributed by atoms with van der Waals surface area (Å²) in [6, 6.07) is 0.569. The van der Waals surface area contributed by atoms with Gasteiger partial charge in [0.05, 0.1) is 12.6 Å². The Morgan fingerprint density at radius 1 is 1.47 bits per heavy atom. The number of likely N-dealkylation sites (tertiary alicyclic amines) is 1. The number of ether oxygens (including phenoxy) is 1. The average Bonchev–Trinajstić information content (AvgIpc) is 2.38. The van der Waals surface area contributed by atoms with E-state index < -0.39 is 0 Å². The van der Waals surface area contributed by atoms with Gasteiger partial charge in [0.15, 0.2) is 0 Å². The van der Waals surface area contributed by atoms with Gasteiger partial charge in [-0.3, -0.25) is 9.69 Å². The number of nitrogens with one attached hydrogen (secondary N) is 2. The zero-order valence-corrected chi connectivity index (χ0v) is 11.2. The zero-order chi connectivity index (χ0) is 12.7. The molecule has 1 atom stereocenters. The molecule has 0 aromatic rings. The van der Waals surface area contributed by atoms with Crippen LogP contribution in [0.5, 0.6) is 0 Å². The third kappa shape index (κ3) is 4.61. The highest BCUT2D eigenvalue weighted by atomic mass is 16.5. The van der Waals surface area contributed by atoms with Crippen LogP contribution in [0.25, 0.3) is 0 Å². The van der Waals surface area contributed by atoms with Gasteiger partial charge in [-0.1, -0.05) is 0 Å². The van der Waals surface area contributed by atoms with Crippen molar-refractivity contribution in [3.05, 3.63) is 0 Å². The highest BCUT2D eigenvalue weighted by Crippen LogP contribution is 2.12. The number of carbonyl (C=O) groups is 1. The molecule has 1 fully saturated rings. The second-order valence-electron chi connectivity index (χ2n) is 4.56. The van der Waals surface area contributed by atoms with Gasteiger partial charge >= 0.3 is 0 Å². The van der Waals surface area contributed by atoms with Crippen LogP contribution in [0.3, 0.4) is 0 Å². The molecule has 5 nitrogen and oxygen atoms in total. The monoisotopic (exact) mass is 243 g/mol. The fourth-order valence-electron chi connectivity index (χ4n) is 2.17. The molecule has 1 amide bonds. The molecule has 1 heterocycles. The minimum atomic E-state index is -0.0373. The van der Waals surface area contributed by atoms with Gasteiger partial charge in [0.1, 0.15) is 0 Å². The predicted octanol–water partition coefficient (Wildman–Crippen LogP) is -0.179. The van der Waals surface area contributed by atoms with Crippen molar-refractivity contribution >= 4 is 5.91 Å². The summed E-state index contributed by atoms with van der Waals surface area (Å²) in [4.78, 5) is 14.1. The van der Waals surface area contributed by atoms with Crippen molar-refractivity contribution < 1.29 is 9.53 Å². The zero-order valence-electron chi connectivity index (χ0n) is 11.2. The lowest BCUT2D eigenvalue weighted by Gasteiger charge is -2.35. The number of nitrogens with zero attached hydrogens (tertiary/aromatic N) is 1. The summed E-state index contributed by atoms with van der Waals surface area (Å²) in [7, 11) is 3.64. The van der Waals surface area contributed by atoms with E-state index >= 15 is 0 Å². The maximum absolute atomic E-state index is 11.8. The summed E-state index contributed by atoms with van der Waals surface area (Å²) in [5.41, 5.74) is 0. The molecule has 0 spiro atoms. The largest absolute Gasteiger partial charge is 0.383 e. The first-order valence-corrected chi connectivity index (χ1v) is 6.37. The summed E-state index contributed by atoms with van der Waals surface area (Å²) in [6.07, 6.45) is 2.23. The van der Waals surface area contributed by atoms with E-state index in [1.807, 2.05) is 14.0 Å². The maximum Gasteiger partial charge on any atom is 0.237 e. The molecule has 2 N–H and O–H groups in total. The minimum Gasteiger partial charge on any atom is -0.383 e. The number of carbonyl (C=O) groups excluding carboxylic acids is 1. The number of methoxy groups -OCH3 is 1. The van der Waals surface area contributed by atoms with Gasteiger partial charge in [-0.05, 0) is 26.8 Å². The van der Waals surface area contributed by atoms with Crippen LogP contribution < -0.4 is 10.6 Å². The van der Waals surface area contributed by atoms with Crippen molar-refractivity contribution in [2.24, 2.45) is 0 Å². The van der Waals surface area contributed by atoms with Gasteiger partial charge in [-0.25, -0.2) is 0 Å². The molecule has 17 heavy (non-hydrogen) atoms. The molecule has 0 saturated carbocycles. The molecule has 0 bridgehead atoms. The van der Waals surface area contributed by atoms with Crippen molar-refractivity contribution in [1.29, 1.82) is 0 Å². The molecular formula is C12H25N3O2. The van der Waals surface area contributed by atoms with Crippen molar-refractivity contribution in [3.63, 3.8) is 0 Å². The summed E-state index contributed by atoms with van der Waals surface area (Å²) in [5.74, 6) is 0.102. The van der Waals surface area contributed by atoms with Gasteiger partial charge in [0.2, 0.25) is 5.91 Å². The van der Waals surface area contributed by atoms with E-state index in [-0.39, 0.29) is 11.9 Å². The Morgan fingerprint density at radius 3 is 2.65 bits per heavy atom. The average molecular weight is 243 g/mol. The van der Waals surface area contributed by atoms with E-state index in [1.54, 1.807) is 7.11 Å². The molecule has 1 aliphatic rings. The standard InChI is InChI=1S/C12H25N3O2/c1-10(12(16)14-6-9-17-3)15-7-4-11(13-2)5-8-15/h10-11,13H,4-9H2,1-3H3,(H,14,16). The smallest absolute Gasteiger partial charge is 0.237 e. The lowest BCUT2D eigenvalue weighted by atomic mass is 10.0. The van der Waals surface area contributed by atoms with Crippen LogP contribution in [0, 0.1) is 0 Å². The first-order valence-electron chi connectivity index (χ1n) is 6.37. The lowest BCUT2D eigenvalue weighted by Crippen LogP contribution is -2.50. The Morgan fingerprint density at radius 2 is 2.12 bits per heavy atom. The summed E-state index contributed by atoms with van der Waals surface area (Å²) < 4.78 is 4.91. The Kier molecular flexibility index (Phi) is 6.47. The van der Waals surface area contributed by atoms with Gasteiger partial charge < -0.3 is 15.4 Å². The van der Waals surface area contributed by atoms with Crippen LogP contribution >= 0.6 is 0 Å². The molecule has 0 aromatic carbocycles. The fraction of sp³-hybridized carbons (Fsp3) is 0.917. The molecule has 5 heteroatoms. The van der Waals surface area contributed by atoms with Crippen LogP contribution in [-0.4, -0.2) is 63.3 Å². The van der Waals surface area contributed by atoms with Crippen molar-refractivity contribution in [1.82, 2.24) is 15.5 Å². The first kappa shape index (κ1) is 14.4. The van der Waals surface area contributed by atoms with Gasteiger partial charge in [-0.2, -0.15) is 0 Å². The quantitative estimate of drug-likeness (QED) is 0.636. The Hall–Kier alpha value is -0.650. The first-order chi connectivity index (χ1) is 8.19. The molecular weight excluding hydrogens is 218 g/mol. The number of hydrogen-bond acceptors (Lipinski definition) is 4. The molecule has 1 saturated heterocycles. The highest BCUT2D eigenvalue weighted by molar-refractivity contribution is 5.81. The predicted molar refractivity (Wildman–Crippen MR) is 68.0 cm³/mol. The third-order valence-corrected chi connectivity index (χ3v) is 3.47. The van der Waals surface area contributed by atoms with E-state index in [0.29, 0.717) is 19.2 Å². The summed E-state index contributed by atoms with van der Waals surface area (Å²) >= 11 is 0. The number of piperidine rings is 1. The van der Waals surface area contributed by atoms with Crippen molar-refractivity contribution in [2.45, 2.75) is 31.8 Å². The Labute approximate surface area is 104 Å².